The molecule has 2 N–H and O–H groups in total. The van der Waals surface area contributed by atoms with E-state index in [1.165, 1.54) is 0 Å². The number of carbonyl (C=O) groups is 2. The smallest absolute Gasteiger partial charge is 0.185 e. The van der Waals surface area contributed by atoms with Crippen LogP contribution in [0.4, 0.5) is 0 Å². The summed E-state index contributed by atoms with van der Waals surface area (Å²) in [6, 6.07) is 7.52. The maximum Gasteiger partial charge on any atom is 0.185 e. The molecule has 6 nitrogen and oxygen atoms in total. The number of pyridine rings is 2. The zero-order valence-electron chi connectivity index (χ0n) is 21.3. The van der Waals surface area contributed by atoms with Crippen LogP contribution in [-0.2, 0) is 28.9 Å². The zero-order valence-corrected chi connectivity index (χ0v) is 21.3. The van der Waals surface area contributed by atoms with Crippen LogP contribution in [0.15, 0.2) is 65.1 Å². The number of aromatic hydroxyl groups is 2. The quantitative estimate of drug-likeness (QED) is 0.377. The molecule has 0 atom stereocenters. The minimum absolute atomic E-state index is 0.0835. The molecule has 0 radical (unpaired) electrons. The van der Waals surface area contributed by atoms with Crippen LogP contribution in [0.2, 0.25) is 0 Å². The van der Waals surface area contributed by atoms with Gasteiger partial charge in [0, 0.05) is 77.0 Å². The van der Waals surface area contributed by atoms with Crippen molar-refractivity contribution in [2.75, 3.05) is 0 Å². The number of hydrogen-bond acceptors (Lipinski definition) is 6. The lowest BCUT2D eigenvalue weighted by Crippen LogP contribution is -2.21. The topological polar surface area (TPSA) is 100 Å². The molecule has 184 valence electrons. The maximum atomic E-state index is 12.7. The molecule has 0 bridgehead atoms. The largest absolute Gasteiger partial charge is 0.507 e. The second-order valence-electron chi connectivity index (χ2n) is 9.47. The van der Waals surface area contributed by atoms with Gasteiger partial charge < -0.3 is 10.2 Å². The Morgan fingerprint density at radius 2 is 1.31 bits per heavy atom. The minimum atomic E-state index is -0.0912. The molecular formula is C30H30N2O4. The average molecular weight is 483 g/mol. The zero-order chi connectivity index (χ0) is 26.1. The van der Waals surface area contributed by atoms with E-state index in [1.54, 1.807) is 53.2 Å². The van der Waals surface area contributed by atoms with Crippen molar-refractivity contribution < 1.29 is 19.8 Å². The van der Waals surface area contributed by atoms with Crippen LogP contribution in [0, 0.1) is 13.8 Å². The van der Waals surface area contributed by atoms with E-state index >= 15 is 0 Å². The van der Waals surface area contributed by atoms with Crippen molar-refractivity contribution in [2.45, 2.75) is 53.9 Å². The monoisotopic (exact) mass is 482 g/mol. The molecule has 0 fully saturated rings. The van der Waals surface area contributed by atoms with E-state index in [2.05, 4.69) is 9.97 Å². The number of ketones is 2. The molecule has 0 aliphatic heterocycles. The Morgan fingerprint density at radius 3 is 1.89 bits per heavy atom. The van der Waals surface area contributed by atoms with Gasteiger partial charge in [-0.25, -0.2) is 0 Å². The highest BCUT2D eigenvalue weighted by molar-refractivity contribution is 6.24. The van der Waals surface area contributed by atoms with Gasteiger partial charge in [-0.05, 0) is 69.0 Å². The summed E-state index contributed by atoms with van der Waals surface area (Å²) in [7, 11) is 0. The first-order valence-electron chi connectivity index (χ1n) is 11.9. The van der Waals surface area contributed by atoms with Gasteiger partial charge in [0.15, 0.2) is 11.6 Å². The number of rotatable bonds is 6. The van der Waals surface area contributed by atoms with E-state index < -0.39 is 0 Å². The summed E-state index contributed by atoms with van der Waals surface area (Å²) < 4.78 is 0. The number of nitrogens with zero attached hydrogens (tertiary/aromatic N) is 2. The molecule has 36 heavy (non-hydrogen) atoms. The van der Waals surface area contributed by atoms with Crippen molar-refractivity contribution >= 4 is 11.6 Å². The molecule has 2 heterocycles. The Labute approximate surface area is 211 Å². The first-order valence-corrected chi connectivity index (χ1v) is 11.9. The van der Waals surface area contributed by atoms with Crippen LogP contribution in [0.3, 0.4) is 0 Å². The molecule has 6 heteroatoms. The Balaban J connectivity index is 1.57. The van der Waals surface area contributed by atoms with E-state index in [9.17, 15) is 19.8 Å². The Kier molecular flexibility index (Phi) is 6.88. The van der Waals surface area contributed by atoms with E-state index in [-0.39, 0.29) is 23.1 Å². The number of aromatic nitrogens is 2. The number of hydrogen-bond donors (Lipinski definition) is 2. The summed E-state index contributed by atoms with van der Waals surface area (Å²) in [5.74, 6) is 0.147. The summed E-state index contributed by atoms with van der Waals surface area (Å²) in [5.41, 5.74) is 7.07. The first-order chi connectivity index (χ1) is 17.1. The molecule has 0 saturated heterocycles. The van der Waals surface area contributed by atoms with E-state index in [0.29, 0.717) is 63.8 Å². The van der Waals surface area contributed by atoms with Crippen molar-refractivity contribution in [3.8, 4) is 11.5 Å². The van der Waals surface area contributed by atoms with Crippen molar-refractivity contribution in [1.82, 2.24) is 9.97 Å². The molecule has 1 aromatic carbocycles. The fourth-order valence-electron chi connectivity index (χ4n) is 4.65. The standard InChI is InChI=1S/C30H30N2O4/c1-16-17(2)28(34)24(18(3)27(16)33)12-22-8-9-23(32-15-22)13-26-20(5)29(35)25(19(4)30(26)36)11-21-7-6-10-31-14-21/h6-10,14-15,35-36H,11-13H2,1-5H3. The molecule has 0 saturated carbocycles. The summed E-state index contributed by atoms with van der Waals surface area (Å²) >= 11 is 0. The lowest BCUT2D eigenvalue weighted by molar-refractivity contribution is -0.116. The van der Waals surface area contributed by atoms with Crippen LogP contribution in [0.1, 0.15) is 59.8 Å². The molecule has 0 amide bonds. The van der Waals surface area contributed by atoms with Gasteiger partial charge in [-0.2, -0.15) is 0 Å². The molecular weight excluding hydrogens is 452 g/mol. The van der Waals surface area contributed by atoms with Gasteiger partial charge >= 0.3 is 0 Å². The lowest BCUT2D eigenvalue weighted by atomic mass is 9.83. The highest BCUT2D eigenvalue weighted by Gasteiger charge is 2.27. The summed E-state index contributed by atoms with van der Waals surface area (Å²) in [6.45, 7) is 8.68. The molecule has 1 aliphatic rings. The van der Waals surface area contributed by atoms with Gasteiger partial charge in [-0.3, -0.25) is 19.6 Å². The summed E-state index contributed by atoms with van der Waals surface area (Å²) in [5, 5.41) is 21.9. The highest BCUT2D eigenvalue weighted by Crippen LogP contribution is 2.39. The minimum Gasteiger partial charge on any atom is -0.507 e. The van der Waals surface area contributed by atoms with Crippen molar-refractivity contribution in [3.63, 3.8) is 0 Å². The number of phenolic OH excluding ortho intramolecular Hbond substituents is 2. The second kappa shape index (κ2) is 9.90. The molecule has 0 unspecified atom stereocenters. The predicted molar refractivity (Wildman–Crippen MR) is 138 cm³/mol. The second-order valence-corrected chi connectivity index (χ2v) is 9.47. The van der Waals surface area contributed by atoms with E-state index in [4.69, 9.17) is 0 Å². The summed E-state index contributed by atoms with van der Waals surface area (Å²) in [4.78, 5) is 33.9. The van der Waals surface area contributed by atoms with Gasteiger partial charge in [-0.1, -0.05) is 12.1 Å². The fraction of sp³-hybridized carbons (Fsp3) is 0.267. The van der Waals surface area contributed by atoms with E-state index in [0.717, 1.165) is 16.8 Å². The molecule has 2 aromatic heterocycles. The van der Waals surface area contributed by atoms with Crippen LogP contribution in [0.5, 0.6) is 11.5 Å². The fourth-order valence-corrected chi connectivity index (χ4v) is 4.65. The number of Topliss-reactive ketones (excluding diaryl/α,β-unsaturated/α-hetero) is 2. The third-order valence-corrected chi connectivity index (χ3v) is 7.23. The molecule has 0 spiro atoms. The van der Waals surface area contributed by atoms with Crippen LogP contribution < -0.4 is 0 Å². The van der Waals surface area contributed by atoms with Gasteiger partial charge in [-0.15, -0.1) is 0 Å². The van der Waals surface area contributed by atoms with Gasteiger partial charge in [0.05, 0.1) is 0 Å². The van der Waals surface area contributed by atoms with Gasteiger partial charge in [0.25, 0.3) is 0 Å². The molecule has 3 aromatic rings. The summed E-state index contributed by atoms with van der Waals surface area (Å²) in [6.07, 6.45) is 6.30. The van der Waals surface area contributed by atoms with Crippen LogP contribution in [-0.4, -0.2) is 31.7 Å². The highest BCUT2D eigenvalue weighted by atomic mass is 16.3. The number of benzene rings is 1. The Hall–Kier alpha value is -4.06. The third-order valence-electron chi connectivity index (χ3n) is 7.23. The van der Waals surface area contributed by atoms with Crippen LogP contribution in [0.25, 0.3) is 0 Å². The van der Waals surface area contributed by atoms with Crippen molar-refractivity contribution in [2.24, 2.45) is 0 Å². The van der Waals surface area contributed by atoms with Crippen molar-refractivity contribution in [3.05, 3.63) is 104 Å². The van der Waals surface area contributed by atoms with E-state index in [1.807, 2.05) is 24.3 Å². The number of phenols is 2. The Morgan fingerprint density at radius 1 is 0.694 bits per heavy atom. The average Bonchev–Trinajstić information content (AvgIpc) is 2.89. The third kappa shape index (κ3) is 4.59. The normalized spacial score (nSPS) is 14.1. The number of allylic oxidation sites excluding steroid dienone is 4. The first kappa shape index (κ1) is 25.0. The predicted octanol–water partition coefficient (Wildman–Crippen LogP) is 5.03. The van der Waals surface area contributed by atoms with Gasteiger partial charge in [0.2, 0.25) is 0 Å². The lowest BCUT2D eigenvalue weighted by Gasteiger charge is -2.19. The molecule has 4 rings (SSSR count). The maximum absolute atomic E-state index is 12.7. The number of carbonyl (C=O) groups excluding carboxylic acids is 2. The molecule has 1 aliphatic carbocycles. The Bertz CT molecular complexity index is 1400. The SMILES string of the molecule is CC1=C(C)C(=O)C(Cc2ccc(Cc3c(C)c(O)c(Cc4cccnc4)c(C)c3O)nc2)=C(C)C1=O. The van der Waals surface area contributed by atoms with Crippen molar-refractivity contribution in [1.29, 1.82) is 0 Å². The van der Waals surface area contributed by atoms with Crippen LogP contribution >= 0.6 is 0 Å². The van der Waals surface area contributed by atoms with Gasteiger partial charge in [0.1, 0.15) is 11.5 Å².